The normalized spacial score (nSPS) is 15.4. The molecule has 5 rings (SSSR count). The van der Waals surface area contributed by atoms with Gasteiger partial charge in [-0.1, -0.05) is 47.8 Å². The number of nitrogens with one attached hydrogen (secondary N) is 1. The van der Waals surface area contributed by atoms with E-state index in [9.17, 15) is 13.2 Å². The maximum Gasteiger partial charge on any atom is 0.257 e. The van der Waals surface area contributed by atoms with Crippen LogP contribution in [-0.2, 0) is 10.0 Å². The van der Waals surface area contributed by atoms with Crippen LogP contribution in [0.15, 0.2) is 66.9 Å². The Morgan fingerprint density at radius 1 is 0.944 bits per heavy atom. The van der Waals surface area contributed by atoms with Gasteiger partial charge in [-0.05, 0) is 55.3 Å². The van der Waals surface area contributed by atoms with E-state index in [4.69, 9.17) is 23.2 Å². The molecule has 1 amide bonds. The van der Waals surface area contributed by atoms with Crippen LogP contribution in [0, 0.1) is 0 Å². The van der Waals surface area contributed by atoms with Gasteiger partial charge in [-0.25, -0.2) is 18.4 Å². The number of halogens is 2. The van der Waals surface area contributed by atoms with Gasteiger partial charge in [-0.3, -0.25) is 9.10 Å². The van der Waals surface area contributed by atoms with Crippen molar-refractivity contribution in [3.05, 3.63) is 82.5 Å². The first-order chi connectivity index (χ1) is 17.3. The molecule has 1 fully saturated rings. The highest BCUT2D eigenvalue weighted by atomic mass is 35.5. The van der Waals surface area contributed by atoms with E-state index in [-0.39, 0.29) is 16.3 Å². The number of hydrogen-bond acceptors (Lipinski definition) is 5. The summed E-state index contributed by atoms with van der Waals surface area (Å²) in [7, 11) is -3.41. The molecule has 0 aliphatic carbocycles. The molecule has 0 saturated carbocycles. The zero-order valence-corrected chi connectivity index (χ0v) is 21.4. The monoisotopic (exact) mass is 540 g/mol. The second-order valence-electron chi connectivity index (χ2n) is 8.51. The van der Waals surface area contributed by atoms with E-state index in [1.54, 1.807) is 30.5 Å². The van der Waals surface area contributed by atoms with E-state index in [0.29, 0.717) is 40.8 Å². The summed E-state index contributed by atoms with van der Waals surface area (Å²) < 4.78 is 26.6. The van der Waals surface area contributed by atoms with Crippen molar-refractivity contribution in [2.24, 2.45) is 0 Å². The highest BCUT2D eigenvalue weighted by Gasteiger charge is 2.25. The van der Waals surface area contributed by atoms with Crippen LogP contribution in [0.2, 0.25) is 10.0 Å². The lowest BCUT2D eigenvalue weighted by Gasteiger charge is -2.22. The molecule has 0 spiro atoms. The minimum absolute atomic E-state index is 0.104. The van der Waals surface area contributed by atoms with Gasteiger partial charge in [0.2, 0.25) is 10.0 Å². The van der Waals surface area contributed by atoms with Crippen LogP contribution in [-0.4, -0.2) is 36.6 Å². The van der Waals surface area contributed by atoms with Crippen molar-refractivity contribution >= 4 is 61.4 Å². The van der Waals surface area contributed by atoms with Crippen molar-refractivity contribution in [2.45, 2.75) is 19.3 Å². The van der Waals surface area contributed by atoms with Gasteiger partial charge in [0.1, 0.15) is 0 Å². The molecule has 1 aliphatic rings. The summed E-state index contributed by atoms with van der Waals surface area (Å²) in [6.45, 7) is 0.397. The second-order valence-corrected chi connectivity index (χ2v) is 11.3. The van der Waals surface area contributed by atoms with Crippen LogP contribution in [0.25, 0.3) is 22.3 Å². The molecule has 3 aromatic carbocycles. The number of aromatic nitrogens is 2. The Labute approximate surface area is 219 Å². The second kappa shape index (κ2) is 10.0. The Morgan fingerprint density at radius 2 is 1.78 bits per heavy atom. The third-order valence-electron chi connectivity index (χ3n) is 6.04. The number of rotatable bonds is 4. The Balaban J connectivity index is 1.39. The Hall–Kier alpha value is -3.20. The van der Waals surface area contributed by atoms with Crippen LogP contribution < -0.4 is 9.62 Å². The van der Waals surface area contributed by atoms with Gasteiger partial charge in [0.05, 0.1) is 32.6 Å². The van der Waals surface area contributed by atoms with Gasteiger partial charge in [-0.15, -0.1) is 0 Å². The molecule has 0 radical (unpaired) electrons. The fourth-order valence-electron chi connectivity index (χ4n) is 4.17. The molecular formula is C26H22Cl2N4O3S. The van der Waals surface area contributed by atoms with Crippen molar-refractivity contribution in [1.82, 2.24) is 9.97 Å². The summed E-state index contributed by atoms with van der Waals surface area (Å²) in [4.78, 5) is 22.0. The lowest BCUT2D eigenvalue weighted by molar-refractivity contribution is 0.102. The molecule has 1 aliphatic heterocycles. The number of sulfonamides is 1. The zero-order valence-electron chi connectivity index (χ0n) is 19.1. The van der Waals surface area contributed by atoms with E-state index in [0.717, 1.165) is 23.7 Å². The summed E-state index contributed by atoms with van der Waals surface area (Å²) in [5, 5.41) is 4.35. The van der Waals surface area contributed by atoms with Crippen molar-refractivity contribution < 1.29 is 13.2 Å². The summed E-state index contributed by atoms with van der Waals surface area (Å²) >= 11 is 12.8. The van der Waals surface area contributed by atoms with E-state index >= 15 is 0 Å². The molecular weight excluding hydrogens is 519 g/mol. The molecule has 7 nitrogen and oxygen atoms in total. The van der Waals surface area contributed by atoms with Crippen LogP contribution in [0.1, 0.15) is 29.6 Å². The molecule has 184 valence electrons. The number of amides is 1. The van der Waals surface area contributed by atoms with E-state index in [1.165, 1.54) is 16.4 Å². The van der Waals surface area contributed by atoms with Crippen molar-refractivity contribution in [3.8, 4) is 11.4 Å². The standard InChI is InChI=1S/C26H22Cl2N4O3S/c27-22-11-8-18(14-21(22)25-29-16-17-6-2-3-7-24(17)31-25)30-26(33)20-10-9-19(15-23(20)28)32-12-4-1-5-13-36(32,34)35/h2-3,6-11,14-16H,1,4-5,12-13H2,(H,30,33). The first-order valence-corrected chi connectivity index (χ1v) is 13.8. The summed E-state index contributed by atoms with van der Waals surface area (Å²) in [6, 6.07) is 17.4. The number of hydrogen-bond donors (Lipinski definition) is 1. The predicted molar refractivity (Wildman–Crippen MR) is 144 cm³/mol. The van der Waals surface area contributed by atoms with Gasteiger partial charge in [0.25, 0.3) is 5.91 Å². The van der Waals surface area contributed by atoms with Gasteiger partial charge in [-0.2, -0.15) is 0 Å². The number of para-hydroxylation sites is 1. The van der Waals surface area contributed by atoms with Crippen molar-refractivity contribution in [2.75, 3.05) is 21.9 Å². The third-order valence-corrected chi connectivity index (χ3v) is 8.55. The van der Waals surface area contributed by atoms with Gasteiger partial charge >= 0.3 is 0 Å². The number of anilines is 2. The number of fused-ring (bicyclic) bond motifs is 1. The molecule has 0 unspecified atom stereocenters. The van der Waals surface area contributed by atoms with Crippen LogP contribution in [0.4, 0.5) is 11.4 Å². The third kappa shape index (κ3) is 5.02. The average Bonchev–Trinajstić information content (AvgIpc) is 3.04. The van der Waals surface area contributed by atoms with Crippen molar-refractivity contribution in [3.63, 3.8) is 0 Å². The minimum Gasteiger partial charge on any atom is -0.322 e. The Kier molecular flexibility index (Phi) is 6.83. The quantitative estimate of drug-likeness (QED) is 0.333. The lowest BCUT2D eigenvalue weighted by Crippen LogP contribution is -2.32. The molecule has 1 N–H and O–H groups in total. The molecule has 0 bridgehead atoms. The van der Waals surface area contributed by atoms with E-state index < -0.39 is 15.9 Å². The van der Waals surface area contributed by atoms with Crippen LogP contribution in [0.5, 0.6) is 0 Å². The minimum atomic E-state index is -3.41. The van der Waals surface area contributed by atoms with Gasteiger partial charge < -0.3 is 5.32 Å². The van der Waals surface area contributed by atoms with Crippen molar-refractivity contribution in [1.29, 1.82) is 0 Å². The summed E-state index contributed by atoms with van der Waals surface area (Å²) in [6.07, 6.45) is 4.00. The Bertz CT molecular complexity index is 1580. The maximum absolute atomic E-state index is 13.0. The first-order valence-electron chi connectivity index (χ1n) is 11.4. The van der Waals surface area contributed by atoms with Gasteiger partial charge in [0.15, 0.2) is 5.82 Å². The topological polar surface area (TPSA) is 92.3 Å². The SMILES string of the molecule is O=C(Nc1ccc(Cl)c(-c2ncc3ccccc3n2)c1)c1ccc(N2CCCCCS2(=O)=O)cc1Cl. The average molecular weight is 541 g/mol. The van der Waals surface area contributed by atoms with E-state index in [2.05, 4.69) is 15.3 Å². The fraction of sp³-hybridized carbons (Fsp3) is 0.192. The highest BCUT2D eigenvalue weighted by Crippen LogP contribution is 2.31. The molecule has 1 saturated heterocycles. The molecule has 2 heterocycles. The number of benzene rings is 3. The Morgan fingerprint density at radius 3 is 2.61 bits per heavy atom. The van der Waals surface area contributed by atoms with Gasteiger partial charge in [0, 0.05) is 29.4 Å². The van der Waals surface area contributed by atoms with E-state index in [1.807, 2.05) is 24.3 Å². The summed E-state index contributed by atoms with van der Waals surface area (Å²) in [5.74, 6) is 0.112. The molecule has 4 aromatic rings. The van der Waals surface area contributed by atoms with Crippen LogP contribution >= 0.6 is 23.2 Å². The molecule has 1 aromatic heterocycles. The highest BCUT2D eigenvalue weighted by molar-refractivity contribution is 7.92. The smallest absolute Gasteiger partial charge is 0.257 e. The molecule has 36 heavy (non-hydrogen) atoms. The van der Waals surface area contributed by atoms with Crippen LogP contribution in [0.3, 0.4) is 0 Å². The molecule has 0 atom stereocenters. The number of carbonyl (C=O) groups excluding carboxylic acids is 1. The molecule has 10 heteroatoms. The number of carbonyl (C=O) groups is 1. The summed E-state index contributed by atoms with van der Waals surface area (Å²) in [5.41, 5.74) is 2.54. The maximum atomic E-state index is 13.0. The first kappa shape index (κ1) is 24.5. The largest absolute Gasteiger partial charge is 0.322 e. The fourth-order valence-corrected chi connectivity index (χ4v) is 6.27. The predicted octanol–water partition coefficient (Wildman–Crippen LogP) is 6.18. The number of nitrogens with zero attached hydrogens (tertiary/aromatic N) is 3. The zero-order chi connectivity index (χ0) is 25.3. The lowest BCUT2D eigenvalue weighted by atomic mass is 10.1.